The fraction of sp³-hybridized carbons (Fsp3) is 0.444. The van der Waals surface area contributed by atoms with E-state index in [0.29, 0.717) is 37.4 Å². The van der Waals surface area contributed by atoms with Gasteiger partial charge in [0.2, 0.25) is 5.88 Å². The zero-order valence-electron chi connectivity index (χ0n) is 21.8. The number of hydrogen-bond donors (Lipinski definition) is 1. The van der Waals surface area contributed by atoms with E-state index in [0.717, 1.165) is 16.9 Å². The van der Waals surface area contributed by atoms with Crippen molar-refractivity contribution in [1.29, 1.82) is 0 Å². The van der Waals surface area contributed by atoms with E-state index in [1.54, 1.807) is 30.2 Å². The molecule has 4 rings (SSSR count). The topological polar surface area (TPSA) is 76.6 Å². The van der Waals surface area contributed by atoms with Gasteiger partial charge >= 0.3 is 12.1 Å². The Hall–Kier alpha value is -3.34. The maximum absolute atomic E-state index is 14.0. The van der Waals surface area contributed by atoms with E-state index < -0.39 is 11.9 Å². The third-order valence-corrected chi connectivity index (χ3v) is 7.23. The van der Waals surface area contributed by atoms with Gasteiger partial charge in [-0.2, -0.15) is 13.2 Å². The van der Waals surface area contributed by atoms with Crippen molar-refractivity contribution in [3.8, 4) is 11.6 Å². The number of esters is 1. The van der Waals surface area contributed by atoms with Crippen LogP contribution in [-0.2, 0) is 21.1 Å². The number of nitrogens with zero attached hydrogens (tertiary/aromatic N) is 3. The molecule has 38 heavy (non-hydrogen) atoms. The first-order valence-electron chi connectivity index (χ1n) is 12.5. The molecular weight excluding hydrogens is 517 g/mol. The number of benzene rings is 1. The summed E-state index contributed by atoms with van der Waals surface area (Å²) in [7, 11) is 0. The summed E-state index contributed by atoms with van der Waals surface area (Å²) >= 11 is 0.914. The van der Waals surface area contributed by atoms with Gasteiger partial charge in [-0.25, -0.2) is 9.97 Å². The van der Waals surface area contributed by atoms with Crippen LogP contribution >= 0.6 is 11.3 Å². The van der Waals surface area contributed by atoms with E-state index in [4.69, 9.17) is 9.47 Å². The highest BCUT2D eigenvalue weighted by Crippen LogP contribution is 2.44. The Labute approximate surface area is 224 Å². The molecule has 0 amide bonds. The van der Waals surface area contributed by atoms with Crippen LogP contribution in [0.1, 0.15) is 51.8 Å². The first-order chi connectivity index (χ1) is 18.0. The number of alkyl halides is 3. The maximum atomic E-state index is 14.0. The number of carbonyl (C=O) groups excluding carboxylic acids is 1. The van der Waals surface area contributed by atoms with Crippen molar-refractivity contribution in [2.75, 3.05) is 29.9 Å². The predicted octanol–water partition coefficient (Wildman–Crippen LogP) is 7.17. The summed E-state index contributed by atoms with van der Waals surface area (Å²) in [5.41, 5.74) is 0.222. The summed E-state index contributed by atoms with van der Waals surface area (Å²) in [6.07, 6.45) is -2.23. The molecule has 2 aromatic heterocycles. The van der Waals surface area contributed by atoms with Gasteiger partial charge in [0.05, 0.1) is 12.5 Å². The lowest BCUT2D eigenvalue weighted by Crippen LogP contribution is -2.37. The van der Waals surface area contributed by atoms with Crippen molar-refractivity contribution in [3.05, 3.63) is 53.9 Å². The molecule has 3 heterocycles. The van der Waals surface area contributed by atoms with Crippen LogP contribution in [0.3, 0.4) is 0 Å². The number of para-hydroxylation sites is 1. The smallest absolute Gasteiger partial charge is 0.436 e. The summed E-state index contributed by atoms with van der Waals surface area (Å²) in [6, 6.07) is 10.9. The number of carbonyl (C=O) groups is 1. The SMILES string of the molecule is CCOC(=O)C1CCN(c2sc(Nc3cccnc3Oc3ccccc3C(C)(C)C)nc2C(F)(F)F)CC1. The zero-order valence-corrected chi connectivity index (χ0v) is 22.6. The molecule has 0 atom stereocenters. The Bertz CT molecular complexity index is 1260. The van der Waals surface area contributed by atoms with Crippen molar-refractivity contribution >= 4 is 33.1 Å². The van der Waals surface area contributed by atoms with Crippen molar-refractivity contribution in [3.63, 3.8) is 0 Å². The number of anilines is 3. The molecule has 11 heteroatoms. The van der Waals surface area contributed by atoms with E-state index in [2.05, 4.69) is 36.1 Å². The van der Waals surface area contributed by atoms with Gasteiger partial charge in [0.15, 0.2) is 10.8 Å². The second-order valence-electron chi connectivity index (χ2n) is 10.0. The number of halogens is 3. The molecule has 1 fully saturated rings. The highest BCUT2D eigenvalue weighted by molar-refractivity contribution is 7.19. The number of nitrogens with one attached hydrogen (secondary N) is 1. The standard InChI is InChI=1S/C27H31F3N4O3S/c1-5-36-24(35)17-12-15-34(16-13-17)23-21(27(28,29)30)33-25(38-23)32-19-10-8-14-31-22(19)37-20-11-7-6-9-18(20)26(2,3)4/h6-11,14,17H,5,12-13,15-16H2,1-4H3,(H,32,33). The number of piperidine rings is 1. The van der Waals surface area contributed by atoms with Crippen molar-refractivity contribution in [2.45, 2.75) is 52.1 Å². The molecule has 1 aromatic carbocycles. The molecule has 0 spiro atoms. The summed E-state index contributed by atoms with van der Waals surface area (Å²) in [6.45, 7) is 8.83. The molecule has 1 aliphatic rings. The average molecular weight is 549 g/mol. The van der Waals surface area contributed by atoms with Gasteiger partial charge < -0.3 is 19.7 Å². The number of pyridine rings is 1. The number of rotatable bonds is 7. The first kappa shape index (κ1) is 27.7. The lowest BCUT2D eigenvalue weighted by molar-refractivity contribution is -0.148. The normalized spacial score (nSPS) is 14.9. The van der Waals surface area contributed by atoms with Gasteiger partial charge in [0.25, 0.3) is 0 Å². The molecule has 1 aliphatic heterocycles. The van der Waals surface area contributed by atoms with Crippen LogP contribution in [0, 0.1) is 5.92 Å². The van der Waals surface area contributed by atoms with Crippen LogP contribution in [-0.4, -0.2) is 35.6 Å². The molecule has 0 aliphatic carbocycles. The number of thiazole rings is 1. The zero-order chi connectivity index (χ0) is 27.5. The third-order valence-electron chi connectivity index (χ3n) is 6.19. The van der Waals surface area contributed by atoms with E-state index >= 15 is 0 Å². The second-order valence-corrected chi connectivity index (χ2v) is 11.0. The molecule has 0 saturated carbocycles. The number of aromatic nitrogens is 2. The monoisotopic (exact) mass is 548 g/mol. The third kappa shape index (κ3) is 6.38. The summed E-state index contributed by atoms with van der Waals surface area (Å²) < 4.78 is 53.1. The van der Waals surface area contributed by atoms with Crippen LogP contribution in [0.4, 0.5) is 29.0 Å². The lowest BCUT2D eigenvalue weighted by atomic mass is 9.86. The summed E-state index contributed by atoms with van der Waals surface area (Å²) in [5, 5.41) is 3.08. The van der Waals surface area contributed by atoms with Crippen LogP contribution in [0.25, 0.3) is 0 Å². The second kappa shape index (κ2) is 11.2. The largest absolute Gasteiger partial charge is 0.466 e. The summed E-state index contributed by atoms with van der Waals surface area (Å²) in [4.78, 5) is 21.9. The van der Waals surface area contributed by atoms with Gasteiger partial charge in [-0.1, -0.05) is 50.3 Å². The highest BCUT2D eigenvalue weighted by atomic mass is 32.1. The lowest BCUT2D eigenvalue weighted by Gasteiger charge is -2.32. The minimum Gasteiger partial charge on any atom is -0.466 e. The molecule has 1 N–H and O–H groups in total. The Morgan fingerprint density at radius 3 is 2.50 bits per heavy atom. The van der Waals surface area contributed by atoms with Crippen molar-refractivity contribution in [2.24, 2.45) is 5.92 Å². The molecule has 204 valence electrons. The van der Waals surface area contributed by atoms with Crippen molar-refractivity contribution in [1.82, 2.24) is 9.97 Å². The average Bonchev–Trinajstić information content (AvgIpc) is 3.30. The number of ether oxygens (including phenoxy) is 2. The molecular formula is C27H31F3N4O3S. The molecule has 7 nitrogen and oxygen atoms in total. The first-order valence-corrected chi connectivity index (χ1v) is 13.3. The minimum atomic E-state index is -4.64. The quantitative estimate of drug-likeness (QED) is 0.314. The molecule has 1 saturated heterocycles. The summed E-state index contributed by atoms with van der Waals surface area (Å²) in [5.74, 6) is 0.232. The fourth-order valence-electron chi connectivity index (χ4n) is 4.30. The fourth-order valence-corrected chi connectivity index (χ4v) is 5.36. The Morgan fingerprint density at radius 2 is 1.84 bits per heavy atom. The van der Waals surface area contributed by atoms with E-state index in [-0.39, 0.29) is 39.9 Å². The van der Waals surface area contributed by atoms with Gasteiger partial charge in [0, 0.05) is 24.8 Å². The van der Waals surface area contributed by atoms with E-state index in [9.17, 15) is 18.0 Å². The molecule has 0 radical (unpaired) electrons. The van der Waals surface area contributed by atoms with Crippen molar-refractivity contribution < 1.29 is 27.4 Å². The Morgan fingerprint density at radius 1 is 1.13 bits per heavy atom. The van der Waals surface area contributed by atoms with Crippen LogP contribution in [0.15, 0.2) is 42.6 Å². The van der Waals surface area contributed by atoms with Crippen LogP contribution in [0.2, 0.25) is 0 Å². The Balaban J connectivity index is 1.58. The molecule has 3 aromatic rings. The highest BCUT2D eigenvalue weighted by Gasteiger charge is 2.40. The van der Waals surface area contributed by atoms with E-state index in [1.165, 1.54) is 0 Å². The van der Waals surface area contributed by atoms with Crippen LogP contribution < -0.4 is 15.0 Å². The van der Waals surface area contributed by atoms with E-state index in [1.807, 2.05) is 24.3 Å². The number of hydrogen-bond acceptors (Lipinski definition) is 8. The van der Waals surface area contributed by atoms with Gasteiger partial charge in [-0.3, -0.25) is 4.79 Å². The Kier molecular flexibility index (Phi) is 8.15. The molecule has 0 unspecified atom stereocenters. The maximum Gasteiger partial charge on any atom is 0.436 e. The minimum absolute atomic E-state index is 0.0201. The predicted molar refractivity (Wildman–Crippen MR) is 141 cm³/mol. The molecule has 0 bridgehead atoms. The van der Waals surface area contributed by atoms with Gasteiger partial charge in [-0.15, -0.1) is 0 Å². The van der Waals surface area contributed by atoms with Crippen LogP contribution in [0.5, 0.6) is 11.6 Å². The van der Waals surface area contributed by atoms with Gasteiger partial charge in [-0.05, 0) is 43.4 Å². The van der Waals surface area contributed by atoms with Gasteiger partial charge in [0.1, 0.15) is 16.4 Å².